The highest BCUT2D eigenvalue weighted by molar-refractivity contribution is 5.63. The molecule has 0 saturated heterocycles. The second-order valence-electron chi connectivity index (χ2n) is 2.53. The second-order valence-corrected chi connectivity index (χ2v) is 2.53. The van der Waals surface area contributed by atoms with Crippen LogP contribution in [0.15, 0.2) is 30.3 Å². The minimum absolute atomic E-state index is 0.486. The zero-order chi connectivity index (χ0) is 13.1. The molecule has 1 rings (SSSR count). The average molecular weight is 242 g/mol. The third-order valence-electron chi connectivity index (χ3n) is 1.44. The molecule has 6 nitrogen and oxygen atoms in total. The van der Waals surface area contributed by atoms with Crippen molar-refractivity contribution in [2.24, 2.45) is 0 Å². The van der Waals surface area contributed by atoms with Gasteiger partial charge in [0.15, 0.2) is 0 Å². The van der Waals surface area contributed by atoms with Gasteiger partial charge >= 0.3 is 12.3 Å². The SMILES string of the molecule is COC(=O)OC.COC(=O)Oc1ccccc1. The molecule has 0 saturated carbocycles. The van der Waals surface area contributed by atoms with Gasteiger partial charge in [-0.2, -0.15) is 0 Å². The molecule has 17 heavy (non-hydrogen) atoms. The number of hydrogen-bond donors (Lipinski definition) is 0. The van der Waals surface area contributed by atoms with Crippen LogP contribution in [0.2, 0.25) is 0 Å². The Morgan fingerprint density at radius 2 is 1.29 bits per heavy atom. The highest BCUT2D eigenvalue weighted by Crippen LogP contribution is 2.08. The number of para-hydroxylation sites is 1. The van der Waals surface area contributed by atoms with E-state index in [4.69, 9.17) is 4.74 Å². The van der Waals surface area contributed by atoms with E-state index in [1.807, 2.05) is 6.07 Å². The van der Waals surface area contributed by atoms with Crippen molar-refractivity contribution in [3.05, 3.63) is 30.3 Å². The predicted molar refractivity (Wildman–Crippen MR) is 58.9 cm³/mol. The van der Waals surface area contributed by atoms with Crippen molar-refractivity contribution >= 4 is 12.3 Å². The molecule has 0 radical (unpaired) electrons. The maximum absolute atomic E-state index is 10.5. The summed E-state index contributed by atoms with van der Waals surface area (Å²) in [7, 11) is 3.78. The fourth-order valence-electron chi connectivity index (χ4n) is 0.710. The number of methoxy groups -OCH3 is 3. The van der Waals surface area contributed by atoms with Crippen molar-refractivity contribution < 1.29 is 28.5 Å². The van der Waals surface area contributed by atoms with Gasteiger partial charge in [-0.05, 0) is 12.1 Å². The molecule has 0 aliphatic carbocycles. The molecule has 0 aliphatic rings. The Morgan fingerprint density at radius 1 is 0.824 bits per heavy atom. The van der Waals surface area contributed by atoms with Crippen LogP contribution in [-0.2, 0) is 14.2 Å². The van der Waals surface area contributed by atoms with Crippen molar-refractivity contribution in [2.75, 3.05) is 21.3 Å². The van der Waals surface area contributed by atoms with Crippen molar-refractivity contribution in [1.29, 1.82) is 0 Å². The Morgan fingerprint density at radius 3 is 1.65 bits per heavy atom. The minimum atomic E-state index is -0.698. The molecule has 1 aromatic rings. The summed E-state index contributed by atoms with van der Waals surface area (Å²) in [5, 5.41) is 0. The summed E-state index contributed by atoms with van der Waals surface area (Å²) in [6.45, 7) is 0. The van der Waals surface area contributed by atoms with Gasteiger partial charge in [0.1, 0.15) is 5.75 Å². The Kier molecular flexibility index (Phi) is 7.83. The first kappa shape index (κ1) is 14.8. The predicted octanol–water partition coefficient (Wildman–Crippen LogP) is 2.23. The average Bonchev–Trinajstić information content (AvgIpc) is 2.39. The van der Waals surface area contributed by atoms with Gasteiger partial charge < -0.3 is 18.9 Å². The molecule has 0 bridgehead atoms. The summed E-state index contributed by atoms with van der Waals surface area (Å²) in [6.07, 6.45) is -1.36. The van der Waals surface area contributed by atoms with Gasteiger partial charge in [-0.15, -0.1) is 0 Å². The van der Waals surface area contributed by atoms with Gasteiger partial charge in [0.05, 0.1) is 21.3 Å². The van der Waals surface area contributed by atoms with E-state index in [2.05, 4.69) is 14.2 Å². The molecule has 94 valence electrons. The molecule has 0 aromatic heterocycles. The van der Waals surface area contributed by atoms with E-state index >= 15 is 0 Å². The molecule has 0 amide bonds. The first-order chi connectivity index (χ1) is 8.13. The fourth-order valence-corrected chi connectivity index (χ4v) is 0.710. The van der Waals surface area contributed by atoms with Crippen LogP contribution in [0.25, 0.3) is 0 Å². The third-order valence-corrected chi connectivity index (χ3v) is 1.44. The quantitative estimate of drug-likeness (QED) is 0.555. The lowest BCUT2D eigenvalue weighted by atomic mass is 10.3. The molecule has 0 unspecified atom stereocenters. The number of benzene rings is 1. The molecule has 0 aliphatic heterocycles. The van der Waals surface area contributed by atoms with E-state index in [-0.39, 0.29) is 0 Å². The van der Waals surface area contributed by atoms with E-state index in [0.29, 0.717) is 5.75 Å². The summed E-state index contributed by atoms with van der Waals surface area (Å²) >= 11 is 0. The van der Waals surface area contributed by atoms with Crippen LogP contribution in [-0.4, -0.2) is 33.6 Å². The van der Waals surface area contributed by atoms with Crippen LogP contribution < -0.4 is 4.74 Å². The summed E-state index contributed by atoms with van der Waals surface area (Å²) < 4.78 is 17.1. The van der Waals surface area contributed by atoms with E-state index in [1.165, 1.54) is 21.3 Å². The molecule has 6 heteroatoms. The van der Waals surface area contributed by atoms with Crippen molar-refractivity contribution in [2.45, 2.75) is 0 Å². The normalized spacial score (nSPS) is 8.18. The van der Waals surface area contributed by atoms with Gasteiger partial charge in [0, 0.05) is 0 Å². The van der Waals surface area contributed by atoms with Crippen LogP contribution in [0.1, 0.15) is 0 Å². The van der Waals surface area contributed by atoms with Crippen molar-refractivity contribution in [3.8, 4) is 5.75 Å². The summed E-state index contributed by atoms with van der Waals surface area (Å²) in [4.78, 5) is 20.3. The number of ether oxygens (including phenoxy) is 4. The molecule has 0 spiro atoms. The van der Waals surface area contributed by atoms with Gasteiger partial charge in [-0.3, -0.25) is 0 Å². The highest BCUT2D eigenvalue weighted by Gasteiger charge is 2.00. The number of rotatable bonds is 1. The molecule has 0 heterocycles. The maximum atomic E-state index is 10.5. The van der Waals surface area contributed by atoms with E-state index in [0.717, 1.165) is 0 Å². The van der Waals surface area contributed by atoms with Gasteiger partial charge in [-0.1, -0.05) is 18.2 Å². The monoisotopic (exact) mass is 242 g/mol. The zero-order valence-electron chi connectivity index (χ0n) is 9.84. The van der Waals surface area contributed by atoms with Gasteiger partial charge in [0.25, 0.3) is 0 Å². The van der Waals surface area contributed by atoms with E-state index in [9.17, 15) is 9.59 Å². The first-order valence-electron chi connectivity index (χ1n) is 4.56. The molecule has 1 aromatic carbocycles. The number of carbonyl (C=O) groups is 2. The van der Waals surface area contributed by atoms with Crippen LogP contribution in [0.5, 0.6) is 5.75 Å². The lowest BCUT2D eigenvalue weighted by Crippen LogP contribution is -2.06. The van der Waals surface area contributed by atoms with Crippen LogP contribution in [0.3, 0.4) is 0 Å². The molecule has 0 N–H and O–H groups in total. The lowest BCUT2D eigenvalue weighted by molar-refractivity contribution is 0.0924. The standard InChI is InChI=1S/C8H8O3.C3H6O3/c1-10-8(9)11-7-5-3-2-4-6-7;1-5-3(4)6-2/h2-6H,1H3;1-2H3. The van der Waals surface area contributed by atoms with Gasteiger partial charge in [-0.25, -0.2) is 9.59 Å². The van der Waals surface area contributed by atoms with E-state index in [1.54, 1.807) is 24.3 Å². The Balaban J connectivity index is 0.000000366. The largest absolute Gasteiger partial charge is 0.513 e. The first-order valence-corrected chi connectivity index (χ1v) is 4.56. The van der Waals surface area contributed by atoms with Gasteiger partial charge in [0.2, 0.25) is 0 Å². The Hall–Kier alpha value is -2.24. The minimum Gasteiger partial charge on any atom is -0.438 e. The Labute approximate surface area is 99.0 Å². The molecular weight excluding hydrogens is 228 g/mol. The van der Waals surface area contributed by atoms with Crippen LogP contribution in [0.4, 0.5) is 9.59 Å². The number of hydrogen-bond acceptors (Lipinski definition) is 6. The Bertz CT molecular complexity index is 329. The zero-order valence-corrected chi connectivity index (χ0v) is 9.84. The van der Waals surface area contributed by atoms with Crippen LogP contribution >= 0.6 is 0 Å². The summed E-state index contributed by atoms with van der Waals surface area (Å²) in [5.74, 6) is 0.486. The van der Waals surface area contributed by atoms with Crippen LogP contribution in [0, 0.1) is 0 Å². The second kappa shape index (κ2) is 9.02. The smallest absolute Gasteiger partial charge is 0.438 e. The lowest BCUT2D eigenvalue weighted by Gasteiger charge is -1.99. The van der Waals surface area contributed by atoms with E-state index < -0.39 is 12.3 Å². The molecular formula is C11H14O6. The summed E-state index contributed by atoms with van der Waals surface area (Å²) in [5.41, 5.74) is 0. The number of carbonyl (C=O) groups excluding carboxylic acids is 2. The highest BCUT2D eigenvalue weighted by atomic mass is 16.7. The fraction of sp³-hybridized carbons (Fsp3) is 0.273. The van der Waals surface area contributed by atoms with Crippen molar-refractivity contribution in [3.63, 3.8) is 0 Å². The molecule has 0 atom stereocenters. The third kappa shape index (κ3) is 7.66. The summed E-state index contributed by atoms with van der Waals surface area (Å²) in [6, 6.07) is 8.74. The topological polar surface area (TPSA) is 71.1 Å². The molecule has 0 fully saturated rings. The van der Waals surface area contributed by atoms with Crippen molar-refractivity contribution in [1.82, 2.24) is 0 Å². The maximum Gasteiger partial charge on any atom is 0.513 e.